The SMILES string of the molecule is CC(C)OCCN(C)c1ncc(Br)cc1CNC1CC1. The Morgan fingerprint density at radius 2 is 2.25 bits per heavy atom. The molecule has 0 amide bonds. The standard InChI is InChI=1S/C15H24BrN3O/c1-11(2)20-7-6-19(3)15-12(8-13(16)10-18-15)9-17-14-4-5-14/h8,10-11,14,17H,4-7,9H2,1-3H3. The van der Waals surface area contributed by atoms with Gasteiger partial charge in [-0.3, -0.25) is 0 Å². The molecule has 1 saturated carbocycles. The molecule has 0 unspecified atom stereocenters. The molecule has 0 bridgehead atoms. The molecule has 0 saturated heterocycles. The van der Waals surface area contributed by atoms with E-state index in [4.69, 9.17) is 4.74 Å². The molecule has 0 aromatic carbocycles. The van der Waals surface area contributed by atoms with Crippen molar-refractivity contribution in [2.24, 2.45) is 0 Å². The molecule has 1 aliphatic carbocycles. The maximum Gasteiger partial charge on any atom is 0.132 e. The van der Waals surface area contributed by atoms with E-state index in [0.717, 1.165) is 30.0 Å². The molecule has 1 aromatic heterocycles. The number of halogens is 1. The molecule has 4 nitrogen and oxygen atoms in total. The highest BCUT2D eigenvalue weighted by Crippen LogP contribution is 2.24. The Morgan fingerprint density at radius 3 is 2.90 bits per heavy atom. The van der Waals surface area contributed by atoms with Crippen molar-refractivity contribution in [3.05, 3.63) is 22.3 Å². The maximum atomic E-state index is 5.61. The van der Waals surface area contributed by atoms with Gasteiger partial charge in [0.1, 0.15) is 5.82 Å². The second-order valence-corrected chi connectivity index (χ2v) is 6.55. The largest absolute Gasteiger partial charge is 0.377 e. The van der Waals surface area contributed by atoms with E-state index in [1.807, 2.05) is 6.20 Å². The number of nitrogens with zero attached hydrogens (tertiary/aromatic N) is 2. The predicted octanol–water partition coefficient (Wildman–Crippen LogP) is 2.96. The van der Waals surface area contributed by atoms with Gasteiger partial charge in [0.25, 0.3) is 0 Å². The fourth-order valence-corrected chi connectivity index (χ4v) is 2.40. The van der Waals surface area contributed by atoms with E-state index in [9.17, 15) is 0 Å². The van der Waals surface area contributed by atoms with Crippen molar-refractivity contribution < 1.29 is 4.74 Å². The van der Waals surface area contributed by atoms with Crippen LogP contribution in [-0.4, -0.2) is 37.3 Å². The van der Waals surface area contributed by atoms with Crippen molar-refractivity contribution in [3.63, 3.8) is 0 Å². The molecule has 2 rings (SSSR count). The topological polar surface area (TPSA) is 37.4 Å². The first-order valence-electron chi connectivity index (χ1n) is 7.27. The van der Waals surface area contributed by atoms with Gasteiger partial charge in [0.05, 0.1) is 12.7 Å². The van der Waals surface area contributed by atoms with Crippen LogP contribution in [0.5, 0.6) is 0 Å². The number of rotatable bonds is 8. The molecule has 1 aromatic rings. The third-order valence-electron chi connectivity index (χ3n) is 3.31. The number of anilines is 1. The summed E-state index contributed by atoms with van der Waals surface area (Å²) in [5, 5.41) is 3.55. The van der Waals surface area contributed by atoms with Gasteiger partial charge >= 0.3 is 0 Å². The molecule has 0 spiro atoms. The molecule has 1 aliphatic rings. The van der Waals surface area contributed by atoms with Gasteiger partial charge in [-0.15, -0.1) is 0 Å². The quantitative estimate of drug-likeness (QED) is 0.788. The lowest BCUT2D eigenvalue weighted by Crippen LogP contribution is -2.27. The van der Waals surface area contributed by atoms with Crippen LogP contribution in [-0.2, 0) is 11.3 Å². The number of hydrogen-bond donors (Lipinski definition) is 1. The van der Waals surface area contributed by atoms with Crippen LogP contribution in [0.1, 0.15) is 32.3 Å². The first-order valence-corrected chi connectivity index (χ1v) is 8.06. The average Bonchev–Trinajstić information content (AvgIpc) is 3.19. The number of likely N-dealkylation sites (N-methyl/N-ethyl adjacent to an activating group) is 1. The summed E-state index contributed by atoms with van der Waals surface area (Å²) in [7, 11) is 2.07. The zero-order valence-electron chi connectivity index (χ0n) is 12.5. The Morgan fingerprint density at radius 1 is 1.50 bits per heavy atom. The number of pyridine rings is 1. The monoisotopic (exact) mass is 341 g/mol. The molecule has 1 heterocycles. The van der Waals surface area contributed by atoms with Gasteiger partial charge in [-0.05, 0) is 48.7 Å². The molecule has 5 heteroatoms. The van der Waals surface area contributed by atoms with Gasteiger partial charge < -0.3 is 15.0 Å². The molecular formula is C15H24BrN3O. The molecule has 1 fully saturated rings. The Bertz CT molecular complexity index is 435. The number of aromatic nitrogens is 1. The van der Waals surface area contributed by atoms with Gasteiger partial charge in [-0.25, -0.2) is 4.98 Å². The molecule has 112 valence electrons. The summed E-state index contributed by atoms with van der Waals surface area (Å²) in [5.41, 5.74) is 1.23. The summed E-state index contributed by atoms with van der Waals surface area (Å²) < 4.78 is 6.64. The Balaban J connectivity index is 1.96. The van der Waals surface area contributed by atoms with Crippen LogP contribution in [0.15, 0.2) is 16.7 Å². The summed E-state index contributed by atoms with van der Waals surface area (Å²) in [6, 6.07) is 2.86. The second kappa shape index (κ2) is 7.38. The third-order valence-corrected chi connectivity index (χ3v) is 3.74. The highest BCUT2D eigenvalue weighted by atomic mass is 79.9. The lowest BCUT2D eigenvalue weighted by Gasteiger charge is -2.22. The smallest absolute Gasteiger partial charge is 0.132 e. The van der Waals surface area contributed by atoms with E-state index in [1.54, 1.807) is 0 Å². The fraction of sp³-hybridized carbons (Fsp3) is 0.667. The van der Waals surface area contributed by atoms with Gasteiger partial charge in [-0.2, -0.15) is 0 Å². The van der Waals surface area contributed by atoms with Crippen molar-refractivity contribution in [1.82, 2.24) is 10.3 Å². The van der Waals surface area contributed by atoms with Crippen molar-refractivity contribution in [2.45, 2.75) is 45.4 Å². The van der Waals surface area contributed by atoms with E-state index in [0.29, 0.717) is 6.04 Å². The summed E-state index contributed by atoms with van der Waals surface area (Å²) in [6.07, 6.45) is 4.73. The van der Waals surface area contributed by atoms with E-state index < -0.39 is 0 Å². The van der Waals surface area contributed by atoms with Gasteiger partial charge in [0, 0.05) is 42.4 Å². The molecule has 1 N–H and O–H groups in total. The van der Waals surface area contributed by atoms with Crippen molar-refractivity contribution in [2.75, 3.05) is 25.1 Å². The zero-order valence-corrected chi connectivity index (χ0v) is 14.1. The minimum absolute atomic E-state index is 0.275. The van der Waals surface area contributed by atoms with Gasteiger partial charge in [-0.1, -0.05) is 0 Å². The summed E-state index contributed by atoms with van der Waals surface area (Å²) in [6.45, 7) is 6.57. The highest BCUT2D eigenvalue weighted by molar-refractivity contribution is 9.10. The molecular weight excluding hydrogens is 318 g/mol. The Kier molecular flexibility index (Phi) is 5.81. The van der Waals surface area contributed by atoms with E-state index >= 15 is 0 Å². The first-order chi connectivity index (χ1) is 9.56. The van der Waals surface area contributed by atoms with Crippen LogP contribution < -0.4 is 10.2 Å². The molecule has 0 aliphatic heterocycles. The highest BCUT2D eigenvalue weighted by Gasteiger charge is 2.21. The van der Waals surface area contributed by atoms with Gasteiger partial charge in [0.2, 0.25) is 0 Å². The van der Waals surface area contributed by atoms with Crippen molar-refractivity contribution >= 4 is 21.7 Å². The van der Waals surface area contributed by atoms with E-state index in [-0.39, 0.29) is 6.10 Å². The maximum absolute atomic E-state index is 5.61. The minimum Gasteiger partial charge on any atom is -0.377 e. The first kappa shape index (κ1) is 15.7. The summed E-state index contributed by atoms with van der Waals surface area (Å²) in [5.74, 6) is 1.04. The predicted molar refractivity (Wildman–Crippen MR) is 86.2 cm³/mol. The van der Waals surface area contributed by atoms with Crippen LogP contribution >= 0.6 is 15.9 Å². The fourth-order valence-electron chi connectivity index (χ4n) is 2.02. The van der Waals surface area contributed by atoms with Crippen LogP contribution in [0, 0.1) is 0 Å². The van der Waals surface area contributed by atoms with Crippen LogP contribution in [0.25, 0.3) is 0 Å². The normalized spacial score (nSPS) is 14.8. The van der Waals surface area contributed by atoms with Crippen molar-refractivity contribution in [1.29, 1.82) is 0 Å². The molecule has 20 heavy (non-hydrogen) atoms. The van der Waals surface area contributed by atoms with Crippen LogP contribution in [0.2, 0.25) is 0 Å². The lowest BCUT2D eigenvalue weighted by atomic mass is 10.2. The number of hydrogen-bond acceptors (Lipinski definition) is 4. The third kappa shape index (κ3) is 5.04. The van der Waals surface area contributed by atoms with E-state index in [2.05, 4.69) is 58.1 Å². The minimum atomic E-state index is 0.275. The molecule has 0 radical (unpaired) electrons. The Hall–Kier alpha value is -0.650. The lowest BCUT2D eigenvalue weighted by molar-refractivity contribution is 0.0845. The van der Waals surface area contributed by atoms with Crippen LogP contribution in [0.3, 0.4) is 0 Å². The summed E-state index contributed by atoms with van der Waals surface area (Å²) >= 11 is 3.51. The number of ether oxygens (including phenoxy) is 1. The zero-order chi connectivity index (χ0) is 14.5. The van der Waals surface area contributed by atoms with Gasteiger partial charge in [0.15, 0.2) is 0 Å². The second-order valence-electron chi connectivity index (χ2n) is 5.63. The Labute approximate surface area is 130 Å². The van der Waals surface area contributed by atoms with Crippen molar-refractivity contribution in [3.8, 4) is 0 Å². The van der Waals surface area contributed by atoms with Crippen LogP contribution in [0.4, 0.5) is 5.82 Å². The average molecular weight is 342 g/mol. The molecule has 0 atom stereocenters. The summed E-state index contributed by atoms with van der Waals surface area (Å²) in [4.78, 5) is 6.72. The number of nitrogens with one attached hydrogen (secondary N) is 1. The van der Waals surface area contributed by atoms with E-state index in [1.165, 1.54) is 18.4 Å².